The molecular weight excluding hydrogens is 400 g/mol. The van der Waals surface area contributed by atoms with Gasteiger partial charge in [-0.15, -0.1) is 0 Å². The highest BCUT2D eigenvalue weighted by atomic mass is 79.9. The molecule has 0 atom stereocenters. The molecule has 0 bridgehead atoms. The Morgan fingerprint density at radius 2 is 1.76 bits per heavy atom. The fraction of sp³-hybridized carbons (Fsp3) is 0.133. The minimum Gasteiger partial charge on any atom is -0.399 e. The Morgan fingerprint density at radius 1 is 1.10 bits per heavy atom. The Bertz CT molecular complexity index is 709. The number of hydrogen-bond donors (Lipinski definition) is 2. The number of carbonyl (C=O) groups excluding carboxylic acids is 1. The quantitative estimate of drug-likeness (QED) is 0.732. The van der Waals surface area contributed by atoms with E-state index in [1.165, 1.54) is 0 Å². The minimum absolute atomic E-state index is 0.170. The summed E-state index contributed by atoms with van der Waals surface area (Å²) in [5, 5.41) is 2.88. The number of anilines is 2. The zero-order valence-electron chi connectivity index (χ0n) is 11.0. The number of amides is 1. The lowest BCUT2D eigenvalue weighted by molar-refractivity contribution is 0.102. The van der Waals surface area contributed by atoms with Crippen molar-refractivity contribution in [2.45, 2.75) is 13.2 Å². The first-order chi connectivity index (χ1) is 10.0. The molecule has 0 saturated heterocycles. The summed E-state index contributed by atoms with van der Waals surface area (Å²) in [7, 11) is 0. The van der Waals surface area contributed by atoms with Crippen molar-refractivity contribution in [3.63, 3.8) is 0 Å². The van der Waals surface area contributed by atoms with E-state index in [4.69, 9.17) is 10.5 Å². The highest BCUT2D eigenvalue weighted by Gasteiger charge is 2.16. The van der Waals surface area contributed by atoms with Gasteiger partial charge in [0, 0.05) is 20.2 Å². The van der Waals surface area contributed by atoms with E-state index < -0.39 is 0 Å². The Balaban J connectivity index is 1.87. The number of carbonyl (C=O) groups is 1. The monoisotopic (exact) mass is 410 g/mol. The fourth-order valence-corrected chi connectivity index (χ4v) is 3.63. The third-order valence-electron chi connectivity index (χ3n) is 3.29. The van der Waals surface area contributed by atoms with Gasteiger partial charge in [0.05, 0.1) is 18.9 Å². The summed E-state index contributed by atoms with van der Waals surface area (Å²) >= 11 is 6.81. The van der Waals surface area contributed by atoms with Crippen LogP contribution in [0, 0.1) is 0 Å². The van der Waals surface area contributed by atoms with Crippen LogP contribution in [0.1, 0.15) is 21.5 Å². The maximum atomic E-state index is 12.4. The van der Waals surface area contributed by atoms with Gasteiger partial charge in [-0.05, 0) is 67.3 Å². The van der Waals surface area contributed by atoms with Crippen LogP contribution in [-0.4, -0.2) is 5.91 Å². The SMILES string of the molecule is Nc1cc(Br)c(NC(=O)c2ccc3c(c2)COC3)c(Br)c1. The molecule has 0 fully saturated rings. The summed E-state index contributed by atoms with van der Waals surface area (Å²) in [5.74, 6) is -0.170. The molecule has 0 spiro atoms. The third kappa shape index (κ3) is 2.97. The van der Waals surface area contributed by atoms with Gasteiger partial charge >= 0.3 is 0 Å². The van der Waals surface area contributed by atoms with Crippen LogP contribution in [0.3, 0.4) is 0 Å². The lowest BCUT2D eigenvalue weighted by Gasteiger charge is -2.11. The summed E-state index contributed by atoms with van der Waals surface area (Å²) in [6.45, 7) is 1.18. The van der Waals surface area contributed by atoms with E-state index in [0.717, 1.165) is 20.1 Å². The number of benzene rings is 2. The molecule has 1 aliphatic heterocycles. The van der Waals surface area contributed by atoms with Gasteiger partial charge in [0.15, 0.2) is 0 Å². The average Bonchev–Trinajstić information content (AvgIpc) is 2.89. The molecule has 21 heavy (non-hydrogen) atoms. The average molecular weight is 412 g/mol. The van der Waals surface area contributed by atoms with Crippen molar-refractivity contribution < 1.29 is 9.53 Å². The second-order valence-electron chi connectivity index (χ2n) is 4.79. The van der Waals surface area contributed by atoms with Crippen LogP contribution in [0.15, 0.2) is 39.3 Å². The topological polar surface area (TPSA) is 64.3 Å². The summed E-state index contributed by atoms with van der Waals surface area (Å²) in [5.41, 5.74) is 9.83. The molecule has 2 aromatic rings. The number of nitrogens with two attached hydrogens (primary N) is 1. The van der Waals surface area contributed by atoms with Gasteiger partial charge in [-0.2, -0.15) is 0 Å². The number of hydrogen-bond acceptors (Lipinski definition) is 3. The number of nitrogen functional groups attached to an aromatic ring is 1. The highest BCUT2D eigenvalue weighted by molar-refractivity contribution is 9.11. The van der Waals surface area contributed by atoms with Crippen molar-refractivity contribution in [3.8, 4) is 0 Å². The van der Waals surface area contributed by atoms with E-state index in [-0.39, 0.29) is 5.91 Å². The van der Waals surface area contributed by atoms with Gasteiger partial charge in [0.2, 0.25) is 0 Å². The molecule has 6 heteroatoms. The van der Waals surface area contributed by atoms with Crippen molar-refractivity contribution >= 4 is 49.1 Å². The first kappa shape index (κ1) is 14.6. The van der Waals surface area contributed by atoms with Gasteiger partial charge < -0.3 is 15.8 Å². The third-order valence-corrected chi connectivity index (χ3v) is 4.54. The zero-order chi connectivity index (χ0) is 15.0. The molecule has 2 aromatic carbocycles. The number of fused-ring (bicyclic) bond motifs is 1. The number of rotatable bonds is 2. The van der Waals surface area contributed by atoms with Crippen LogP contribution in [0.4, 0.5) is 11.4 Å². The van der Waals surface area contributed by atoms with Gasteiger partial charge in [-0.3, -0.25) is 4.79 Å². The number of nitrogens with one attached hydrogen (secondary N) is 1. The lowest BCUT2D eigenvalue weighted by atomic mass is 10.1. The molecule has 3 rings (SSSR count). The van der Waals surface area contributed by atoms with E-state index in [2.05, 4.69) is 37.2 Å². The smallest absolute Gasteiger partial charge is 0.255 e. The molecule has 0 unspecified atom stereocenters. The fourth-order valence-electron chi connectivity index (χ4n) is 2.21. The summed E-state index contributed by atoms with van der Waals surface area (Å²) in [4.78, 5) is 12.4. The molecule has 3 N–H and O–H groups in total. The second-order valence-corrected chi connectivity index (χ2v) is 6.50. The summed E-state index contributed by atoms with van der Waals surface area (Å²) < 4.78 is 6.82. The largest absolute Gasteiger partial charge is 0.399 e. The molecular formula is C15H12Br2N2O2. The highest BCUT2D eigenvalue weighted by Crippen LogP contribution is 2.34. The second kappa shape index (κ2) is 5.79. The molecule has 1 aliphatic rings. The van der Waals surface area contributed by atoms with Crippen LogP contribution in [-0.2, 0) is 18.0 Å². The molecule has 1 amide bonds. The van der Waals surface area contributed by atoms with Crippen molar-refractivity contribution in [1.82, 2.24) is 0 Å². The van der Waals surface area contributed by atoms with Gasteiger partial charge in [-0.1, -0.05) is 6.07 Å². The normalized spacial score (nSPS) is 13.0. The van der Waals surface area contributed by atoms with Crippen LogP contribution in [0.2, 0.25) is 0 Å². The zero-order valence-corrected chi connectivity index (χ0v) is 14.1. The van der Waals surface area contributed by atoms with Crippen LogP contribution >= 0.6 is 31.9 Å². The molecule has 0 aliphatic carbocycles. The van der Waals surface area contributed by atoms with Crippen LogP contribution < -0.4 is 11.1 Å². The van der Waals surface area contributed by atoms with E-state index in [1.807, 2.05) is 18.2 Å². The van der Waals surface area contributed by atoms with Crippen LogP contribution in [0.25, 0.3) is 0 Å². The van der Waals surface area contributed by atoms with Gasteiger partial charge in [0.25, 0.3) is 5.91 Å². The van der Waals surface area contributed by atoms with Gasteiger partial charge in [-0.25, -0.2) is 0 Å². The predicted octanol–water partition coefficient (Wildman–Crippen LogP) is 4.08. The number of ether oxygens (including phenoxy) is 1. The maximum Gasteiger partial charge on any atom is 0.255 e. The summed E-state index contributed by atoms with van der Waals surface area (Å²) in [6.07, 6.45) is 0. The molecule has 0 radical (unpaired) electrons. The molecule has 4 nitrogen and oxygen atoms in total. The Hall–Kier alpha value is -1.37. The minimum atomic E-state index is -0.170. The van der Waals surface area contributed by atoms with E-state index in [9.17, 15) is 4.79 Å². The molecule has 108 valence electrons. The van der Waals surface area contributed by atoms with Crippen LogP contribution in [0.5, 0.6) is 0 Å². The van der Waals surface area contributed by atoms with Crippen molar-refractivity contribution in [3.05, 3.63) is 56.0 Å². The maximum absolute atomic E-state index is 12.4. The number of halogens is 2. The Labute approximate surface area is 138 Å². The van der Waals surface area contributed by atoms with Gasteiger partial charge in [0.1, 0.15) is 0 Å². The van der Waals surface area contributed by atoms with E-state index in [0.29, 0.717) is 30.2 Å². The lowest BCUT2D eigenvalue weighted by Crippen LogP contribution is -2.13. The predicted molar refractivity (Wildman–Crippen MR) is 89.1 cm³/mol. The van der Waals surface area contributed by atoms with Crippen molar-refractivity contribution in [1.29, 1.82) is 0 Å². The first-order valence-electron chi connectivity index (χ1n) is 6.30. The molecule has 0 aromatic heterocycles. The standard InChI is InChI=1S/C15H12Br2N2O2/c16-12-4-11(18)5-13(17)14(12)19-15(20)8-1-2-9-6-21-7-10(9)3-8/h1-5H,6-7,18H2,(H,19,20). The van der Waals surface area contributed by atoms with E-state index >= 15 is 0 Å². The van der Waals surface area contributed by atoms with Crippen molar-refractivity contribution in [2.75, 3.05) is 11.1 Å². The van der Waals surface area contributed by atoms with Crippen molar-refractivity contribution in [2.24, 2.45) is 0 Å². The van der Waals surface area contributed by atoms with E-state index in [1.54, 1.807) is 12.1 Å². The Morgan fingerprint density at radius 3 is 2.48 bits per heavy atom. The molecule has 0 saturated carbocycles. The Kier molecular flexibility index (Phi) is 4.01. The first-order valence-corrected chi connectivity index (χ1v) is 7.88. The molecule has 1 heterocycles. The summed E-state index contributed by atoms with van der Waals surface area (Å²) in [6, 6.07) is 9.11.